The molecule has 0 aromatic carbocycles. The van der Waals surface area contributed by atoms with Crippen LogP contribution in [-0.4, -0.2) is 16.9 Å². The average Bonchev–Trinajstić information content (AvgIpc) is 3.08. The van der Waals surface area contributed by atoms with Crippen molar-refractivity contribution in [2.24, 2.45) is 0 Å². The molecule has 3 nitrogen and oxygen atoms in total. The van der Waals surface area contributed by atoms with Gasteiger partial charge < -0.3 is 9.05 Å². The Morgan fingerprint density at radius 3 is 1.55 bits per heavy atom. The summed E-state index contributed by atoms with van der Waals surface area (Å²) in [7, 11) is -3.02. The SMILES string of the molecule is CC1(OP(=O)(OC2(C)CCCC2)C2CCCCC2)CCCC1. The molecule has 0 unspecified atom stereocenters. The quantitative estimate of drug-likeness (QED) is 0.563. The molecule has 0 heterocycles. The summed E-state index contributed by atoms with van der Waals surface area (Å²) in [5.74, 6) is 0. The normalized spacial score (nSPS) is 29.0. The minimum atomic E-state index is -3.02. The van der Waals surface area contributed by atoms with Gasteiger partial charge in [0.15, 0.2) is 0 Å². The van der Waals surface area contributed by atoms with Gasteiger partial charge in [-0.05, 0) is 52.4 Å². The Morgan fingerprint density at radius 1 is 0.727 bits per heavy atom. The lowest BCUT2D eigenvalue weighted by atomic mass is 10.0. The fourth-order valence-corrected chi connectivity index (χ4v) is 7.53. The van der Waals surface area contributed by atoms with Crippen LogP contribution in [0.15, 0.2) is 0 Å². The van der Waals surface area contributed by atoms with E-state index in [-0.39, 0.29) is 16.9 Å². The molecule has 0 aliphatic heterocycles. The molecule has 4 heteroatoms. The molecule has 128 valence electrons. The Hall–Kier alpha value is 0.150. The summed E-state index contributed by atoms with van der Waals surface area (Å²) in [5.41, 5.74) is -0.305. The topological polar surface area (TPSA) is 35.5 Å². The van der Waals surface area contributed by atoms with Crippen LogP contribution in [0.1, 0.15) is 97.3 Å². The second-order valence-electron chi connectivity index (χ2n) is 8.33. The highest BCUT2D eigenvalue weighted by atomic mass is 31.2. The van der Waals surface area contributed by atoms with E-state index in [1.165, 1.54) is 44.9 Å². The monoisotopic (exact) mass is 328 g/mol. The van der Waals surface area contributed by atoms with E-state index >= 15 is 0 Å². The lowest BCUT2D eigenvalue weighted by Crippen LogP contribution is -2.32. The van der Waals surface area contributed by atoms with Crippen LogP contribution >= 0.6 is 7.60 Å². The summed E-state index contributed by atoms with van der Waals surface area (Å²) < 4.78 is 26.6. The summed E-state index contributed by atoms with van der Waals surface area (Å²) in [6, 6.07) is 0. The number of rotatable bonds is 5. The van der Waals surface area contributed by atoms with E-state index in [9.17, 15) is 4.57 Å². The van der Waals surface area contributed by atoms with E-state index in [0.29, 0.717) is 0 Å². The fraction of sp³-hybridized carbons (Fsp3) is 1.00. The maximum atomic E-state index is 13.8. The van der Waals surface area contributed by atoms with Crippen LogP contribution in [0.3, 0.4) is 0 Å². The molecular weight excluding hydrogens is 295 g/mol. The predicted molar refractivity (Wildman–Crippen MR) is 90.4 cm³/mol. The fourth-order valence-electron chi connectivity index (χ4n) is 4.61. The van der Waals surface area contributed by atoms with Crippen LogP contribution in [0.25, 0.3) is 0 Å². The van der Waals surface area contributed by atoms with E-state index in [2.05, 4.69) is 13.8 Å². The molecule has 0 bridgehead atoms. The summed E-state index contributed by atoms with van der Waals surface area (Å²) in [6.07, 6.45) is 14.6. The molecule has 0 radical (unpaired) electrons. The van der Waals surface area contributed by atoms with Gasteiger partial charge in [-0.3, -0.25) is 4.57 Å². The van der Waals surface area contributed by atoms with Gasteiger partial charge in [-0.1, -0.05) is 44.9 Å². The first-order valence-electron chi connectivity index (χ1n) is 9.44. The molecule has 0 spiro atoms. The molecule has 0 aromatic rings. The zero-order valence-electron chi connectivity index (χ0n) is 14.4. The summed E-state index contributed by atoms with van der Waals surface area (Å²) >= 11 is 0. The van der Waals surface area contributed by atoms with Gasteiger partial charge >= 0.3 is 7.60 Å². The highest BCUT2D eigenvalue weighted by molar-refractivity contribution is 7.54. The molecule has 0 atom stereocenters. The molecule has 3 saturated carbocycles. The molecule has 3 aliphatic rings. The van der Waals surface area contributed by atoms with Crippen LogP contribution in [0, 0.1) is 0 Å². The maximum Gasteiger partial charge on any atom is 0.334 e. The molecule has 3 fully saturated rings. The standard InChI is InChI=1S/C18H33O3P/c1-17(12-6-7-13-17)20-22(19,16-10-4-3-5-11-16)21-18(2)14-8-9-15-18/h16H,3-15H2,1-2H3. The van der Waals surface area contributed by atoms with Crippen LogP contribution < -0.4 is 0 Å². The highest BCUT2D eigenvalue weighted by Gasteiger charge is 2.48. The van der Waals surface area contributed by atoms with E-state index in [1.807, 2.05) is 0 Å². The molecule has 0 aromatic heterocycles. The summed E-state index contributed by atoms with van der Waals surface area (Å²) in [5, 5.41) is 0. The zero-order chi connectivity index (χ0) is 15.7. The maximum absolute atomic E-state index is 13.8. The first kappa shape index (κ1) is 17.0. The van der Waals surface area contributed by atoms with E-state index in [1.54, 1.807) is 0 Å². The molecule has 3 aliphatic carbocycles. The number of hydrogen-bond donors (Lipinski definition) is 0. The lowest BCUT2D eigenvalue weighted by molar-refractivity contribution is 0.0164. The Bertz CT molecular complexity index is 388. The van der Waals surface area contributed by atoms with Crippen molar-refractivity contribution < 1.29 is 13.6 Å². The second kappa shape index (κ2) is 6.57. The lowest BCUT2D eigenvalue weighted by Gasteiger charge is -2.39. The third-order valence-electron chi connectivity index (χ3n) is 6.04. The van der Waals surface area contributed by atoms with Gasteiger partial charge in [0.05, 0.1) is 16.9 Å². The smallest absolute Gasteiger partial charge is 0.302 e. The van der Waals surface area contributed by atoms with Crippen molar-refractivity contribution in [3.8, 4) is 0 Å². The Balaban J connectivity index is 1.78. The van der Waals surface area contributed by atoms with Crippen molar-refractivity contribution in [1.82, 2.24) is 0 Å². The van der Waals surface area contributed by atoms with Gasteiger partial charge in [0, 0.05) is 0 Å². The Kier molecular flexibility index (Phi) is 5.07. The van der Waals surface area contributed by atoms with Gasteiger partial charge in [-0.2, -0.15) is 0 Å². The van der Waals surface area contributed by atoms with Crippen molar-refractivity contribution in [2.75, 3.05) is 0 Å². The average molecular weight is 328 g/mol. The van der Waals surface area contributed by atoms with E-state index in [4.69, 9.17) is 9.05 Å². The molecular formula is C18H33O3P. The van der Waals surface area contributed by atoms with Gasteiger partial charge in [0.1, 0.15) is 0 Å². The van der Waals surface area contributed by atoms with Crippen molar-refractivity contribution >= 4 is 7.60 Å². The molecule has 0 N–H and O–H groups in total. The van der Waals surface area contributed by atoms with Crippen molar-refractivity contribution in [2.45, 2.75) is 114 Å². The third-order valence-corrected chi connectivity index (χ3v) is 8.84. The van der Waals surface area contributed by atoms with Crippen molar-refractivity contribution in [3.05, 3.63) is 0 Å². The van der Waals surface area contributed by atoms with Crippen molar-refractivity contribution in [3.63, 3.8) is 0 Å². The van der Waals surface area contributed by atoms with Gasteiger partial charge in [-0.15, -0.1) is 0 Å². The van der Waals surface area contributed by atoms with E-state index < -0.39 is 7.60 Å². The van der Waals surface area contributed by atoms with Crippen LogP contribution in [0.2, 0.25) is 0 Å². The van der Waals surface area contributed by atoms with Crippen LogP contribution in [0.4, 0.5) is 0 Å². The minimum absolute atomic E-state index is 0.135. The minimum Gasteiger partial charge on any atom is -0.302 e. The predicted octanol–water partition coefficient (Wildman–Crippen LogP) is 6.21. The van der Waals surface area contributed by atoms with Crippen LogP contribution in [0.5, 0.6) is 0 Å². The number of hydrogen-bond acceptors (Lipinski definition) is 3. The first-order valence-corrected chi connectivity index (χ1v) is 11.1. The molecule has 0 amide bonds. The Morgan fingerprint density at radius 2 is 1.14 bits per heavy atom. The zero-order valence-corrected chi connectivity index (χ0v) is 15.3. The summed E-state index contributed by atoms with van der Waals surface area (Å²) in [4.78, 5) is 0. The van der Waals surface area contributed by atoms with Gasteiger partial charge in [0.25, 0.3) is 0 Å². The third kappa shape index (κ3) is 3.79. The molecule has 3 rings (SSSR count). The largest absolute Gasteiger partial charge is 0.334 e. The Labute approximate surface area is 136 Å². The summed E-state index contributed by atoms with van der Waals surface area (Å²) in [6.45, 7) is 4.30. The molecule has 22 heavy (non-hydrogen) atoms. The van der Waals surface area contributed by atoms with Crippen molar-refractivity contribution in [1.29, 1.82) is 0 Å². The van der Waals surface area contributed by atoms with Gasteiger partial charge in [0.2, 0.25) is 0 Å². The first-order chi connectivity index (χ1) is 10.4. The highest BCUT2D eigenvalue weighted by Crippen LogP contribution is 2.64. The van der Waals surface area contributed by atoms with Gasteiger partial charge in [-0.25, -0.2) is 0 Å². The molecule has 0 saturated heterocycles. The van der Waals surface area contributed by atoms with E-state index in [0.717, 1.165) is 38.5 Å². The van der Waals surface area contributed by atoms with Crippen LogP contribution in [-0.2, 0) is 13.6 Å². The second-order valence-corrected chi connectivity index (χ2v) is 10.5.